The molecular weight excluding hydrogens is 417 g/mol. The van der Waals surface area contributed by atoms with Crippen molar-refractivity contribution in [3.8, 4) is 16.8 Å². The van der Waals surface area contributed by atoms with Gasteiger partial charge < -0.3 is 5.32 Å². The van der Waals surface area contributed by atoms with E-state index in [-0.39, 0.29) is 33.1 Å². The Labute approximate surface area is 182 Å². The van der Waals surface area contributed by atoms with E-state index < -0.39 is 11.7 Å². The number of hydrogen-bond donors (Lipinski definition) is 1. The Hall–Kier alpha value is -3.77. The molecule has 0 spiro atoms. The summed E-state index contributed by atoms with van der Waals surface area (Å²) in [5.41, 5.74) is 1.54. The number of benzene rings is 3. The fraction of sp³-hybridized carbons (Fsp3) is 0.0417. The maximum absolute atomic E-state index is 13.5. The van der Waals surface area contributed by atoms with Gasteiger partial charge in [0.15, 0.2) is 0 Å². The van der Waals surface area contributed by atoms with Crippen LogP contribution in [0.5, 0.6) is 0 Å². The maximum Gasteiger partial charge on any atom is 0.258 e. The SMILES string of the molecule is Cc1nn(-c2ccc(F)cc2)c(NC(=O)c2ccccc2Cl)c(-c2ccccc2)c1=O. The summed E-state index contributed by atoms with van der Waals surface area (Å²) in [4.78, 5) is 26.2. The van der Waals surface area contributed by atoms with Crippen molar-refractivity contribution in [1.82, 2.24) is 9.78 Å². The van der Waals surface area contributed by atoms with Crippen molar-refractivity contribution < 1.29 is 9.18 Å². The van der Waals surface area contributed by atoms with Crippen molar-refractivity contribution in [3.05, 3.63) is 111 Å². The van der Waals surface area contributed by atoms with E-state index in [0.717, 1.165) is 0 Å². The van der Waals surface area contributed by atoms with E-state index in [2.05, 4.69) is 10.4 Å². The number of hydrogen-bond acceptors (Lipinski definition) is 3. The molecule has 4 aromatic rings. The Morgan fingerprint density at radius 1 is 0.968 bits per heavy atom. The van der Waals surface area contributed by atoms with E-state index in [0.29, 0.717) is 11.3 Å². The van der Waals surface area contributed by atoms with Crippen LogP contribution in [-0.4, -0.2) is 15.7 Å². The van der Waals surface area contributed by atoms with Gasteiger partial charge in [-0.2, -0.15) is 5.10 Å². The topological polar surface area (TPSA) is 64.0 Å². The molecule has 5 nitrogen and oxygen atoms in total. The molecule has 0 bridgehead atoms. The number of nitrogens with zero attached hydrogens (tertiary/aromatic N) is 2. The van der Waals surface area contributed by atoms with Gasteiger partial charge in [-0.3, -0.25) is 9.59 Å². The summed E-state index contributed by atoms with van der Waals surface area (Å²) in [7, 11) is 0. The lowest BCUT2D eigenvalue weighted by Gasteiger charge is -2.18. The van der Waals surface area contributed by atoms with E-state index in [9.17, 15) is 14.0 Å². The molecule has 0 aliphatic rings. The van der Waals surface area contributed by atoms with Crippen LogP contribution in [0, 0.1) is 12.7 Å². The highest BCUT2D eigenvalue weighted by atomic mass is 35.5. The summed E-state index contributed by atoms with van der Waals surface area (Å²) in [6.07, 6.45) is 0. The number of aryl methyl sites for hydroxylation is 1. The summed E-state index contributed by atoms with van der Waals surface area (Å²) in [5.74, 6) is -0.742. The van der Waals surface area contributed by atoms with Gasteiger partial charge in [-0.15, -0.1) is 0 Å². The third-order valence-electron chi connectivity index (χ3n) is 4.74. The molecule has 0 radical (unpaired) electrons. The zero-order chi connectivity index (χ0) is 22.0. The van der Waals surface area contributed by atoms with Crippen LogP contribution in [0.1, 0.15) is 16.1 Å². The highest BCUT2D eigenvalue weighted by molar-refractivity contribution is 6.34. The molecule has 0 aliphatic heterocycles. The van der Waals surface area contributed by atoms with E-state index >= 15 is 0 Å². The predicted molar refractivity (Wildman–Crippen MR) is 119 cm³/mol. The van der Waals surface area contributed by atoms with Crippen LogP contribution in [0.15, 0.2) is 83.7 Å². The highest BCUT2D eigenvalue weighted by Crippen LogP contribution is 2.28. The van der Waals surface area contributed by atoms with Crippen molar-refractivity contribution in [3.63, 3.8) is 0 Å². The van der Waals surface area contributed by atoms with Crippen molar-refractivity contribution in [2.24, 2.45) is 0 Å². The molecule has 0 saturated heterocycles. The molecule has 3 aromatic carbocycles. The normalized spacial score (nSPS) is 10.7. The average molecular weight is 434 g/mol. The smallest absolute Gasteiger partial charge is 0.258 e. The van der Waals surface area contributed by atoms with E-state index in [4.69, 9.17) is 11.6 Å². The summed E-state index contributed by atoms with van der Waals surface area (Å²) < 4.78 is 14.9. The molecule has 0 atom stereocenters. The number of carbonyl (C=O) groups is 1. The fourth-order valence-corrected chi connectivity index (χ4v) is 3.44. The van der Waals surface area contributed by atoms with Gasteiger partial charge in [0.05, 0.1) is 21.8 Å². The number of anilines is 1. The first-order valence-electron chi connectivity index (χ1n) is 9.47. The second kappa shape index (κ2) is 8.53. The Balaban J connectivity index is 1.97. The van der Waals surface area contributed by atoms with Crippen molar-refractivity contribution in [2.45, 2.75) is 6.92 Å². The monoisotopic (exact) mass is 433 g/mol. The third-order valence-corrected chi connectivity index (χ3v) is 5.07. The predicted octanol–water partition coefficient (Wildman–Crippen LogP) is 5.25. The standard InChI is InChI=1S/C24H17ClFN3O2/c1-15-22(30)21(16-7-3-2-4-8-16)23(27-24(31)19-9-5-6-10-20(19)25)29(28-15)18-13-11-17(26)12-14-18/h2-14H,1H3,(H,27,31). The van der Waals surface area contributed by atoms with Crippen LogP contribution in [0.2, 0.25) is 5.02 Å². The zero-order valence-corrected chi connectivity index (χ0v) is 17.2. The Kier molecular flexibility index (Phi) is 5.64. The lowest BCUT2D eigenvalue weighted by Crippen LogP contribution is -2.25. The van der Waals surface area contributed by atoms with E-state index in [1.54, 1.807) is 55.5 Å². The Bertz CT molecular complexity index is 1320. The van der Waals surface area contributed by atoms with Gasteiger partial charge in [0.1, 0.15) is 17.3 Å². The van der Waals surface area contributed by atoms with Gasteiger partial charge in [-0.25, -0.2) is 9.07 Å². The fourth-order valence-electron chi connectivity index (χ4n) is 3.22. The van der Waals surface area contributed by atoms with Crippen LogP contribution in [0.25, 0.3) is 16.8 Å². The number of amides is 1. The zero-order valence-electron chi connectivity index (χ0n) is 16.5. The van der Waals surface area contributed by atoms with Crippen LogP contribution >= 0.6 is 11.6 Å². The molecule has 1 amide bonds. The molecule has 0 aliphatic carbocycles. The number of carbonyl (C=O) groups excluding carboxylic acids is 1. The molecule has 0 unspecified atom stereocenters. The second-order valence-electron chi connectivity index (χ2n) is 6.83. The van der Waals surface area contributed by atoms with Crippen LogP contribution in [-0.2, 0) is 0 Å². The Morgan fingerprint density at radius 2 is 1.61 bits per heavy atom. The van der Waals surface area contributed by atoms with Gasteiger partial charge >= 0.3 is 0 Å². The summed E-state index contributed by atoms with van der Waals surface area (Å²) in [6, 6.07) is 21.2. The number of aromatic nitrogens is 2. The van der Waals surface area contributed by atoms with Crippen molar-refractivity contribution in [2.75, 3.05) is 5.32 Å². The lowest BCUT2D eigenvalue weighted by atomic mass is 10.0. The van der Waals surface area contributed by atoms with Crippen LogP contribution < -0.4 is 10.7 Å². The molecule has 4 rings (SSSR count). The van der Waals surface area contributed by atoms with E-state index in [1.165, 1.54) is 28.9 Å². The minimum Gasteiger partial charge on any atom is -0.306 e. The van der Waals surface area contributed by atoms with Gasteiger partial charge in [-0.1, -0.05) is 54.1 Å². The highest BCUT2D eigenvalue weighted by Gasteiger charge is 2.21. The number of nitrogens with one attached hydrogen (secondary N) is 1. The summed E-state index contributed by atoms with van der Waals surface area (Å²) in [5, 5.41) is 7.44. The molecule has 31 heavy (non-hydrogen) atoms. The minimum atomic E-state index is -0.497. The first-order valence-corrected chi connectivity index (χ1v) is 9.84. The maximum atomic E-state index is 13.5. The number of rotatable bonds is 4. The molecule has 1 aromatic heterocycles. The molecule has 0 fully saturated rings. The molecule has 1 heterocycles. The molecule has 1 N–H and O–H groups in total. The molecular formula is C24H17ClFN3O2. The molecule has 7 heteroatoms. The van der Waals surface area contributed by atoms with Gasteiger partial charge in [0.2, 0.25) is 5.43 Å². The minimum absolute atomic E-state index is 0.165. The summed E-state index contributed by atoms with van der Waals surface area (Å²) >= 11 is 6.19. The van der Waals surface area contributed by atoms with Crippen LogP contribution in [0.3, 0.4) is 0 Å². The third kappa shape index (κ3) is 4.11. The first-order chi connectivity index (χ1) is 15.0. The van der Waals surface area contributed by atoms with E-state index in [1.807, 2.05) is 6.07 Å². The van der Waals surface area contributed by atoms with Crippen molar-refractivity contribution in [1.29, 1.82) is 0 Å². The van der Waals surface area contributed by atoms with Gasteiger partial charge in [-0.05, 0) is 48.9 Å². The van der Waals surface area contributed by atoms with Gasteiger partial charge in [0.25, 0.3) is 5.91 Å². The van der Waals surface area contributed by atoms with Crippen LogP contribution in [0.4, 0.5) is 10.2 Å². The molecule has 0 saturated carbocycles. The Morgan fingerprint density at radius 3 is 2.29 bits per heavy atom. The quantitative estimate of drug-likeness (QED) is 0.478. The lowest BCUT2D eigenvalue weighted by molar-refractivity contribution is 0.102. The summed E-state index contributed by atoms with van der Waals surface area (Å²) in [6.45, 7) is 1.59. The average Bonchev–Trinajstić information content (AvgIpc) is 2.78. The first kappa shape index (κ1) is 20.5. The van der Waals surface area contributed by atoms with Gasteiger partial charge in [0, 0.05) is 0 Å². The second-order valence-corrected chi connectivity index (χ2v) is 7.23. The molecule has 154 valence electrons. The largest absolute Gasteiger partial charge is 0.306 e. The van der Waals surface area contributed by atoms with Crippen molar-refractivity contribution >= 4 is 23.3 Å². The number of halogens is 2.